The summed E-state index contributed by atoms with van der Waals surface area (Å²) in [5.41, 5.74) is 21.9. The summed E-state index contributed by atoms with van der Waals surface area (Å²) < 4.78 is 209. The Balaban J connectivity index is 0.000000149. The summed E-state index contributed by atoms with van der Waals surface area (Å²) in [5.74, 6) is -11.4. The van der Waals surface area contributed by atoms with Gasteiger partial charge in [-0.2, -0.15) is 12.9 Å². The number of rotatable bonds is 20. The highest BCUT2D eigenvalue weighted by Gasteiger charge is 2.66. The monoisotopic (exact) mass is 1550 g/mol. The average Bonchev–Trinajstić information content (AvgIpc) is 1.52. The number of fused-ring (bicyclic) bond motifs is 7. The molecule has 19 nitrogen and oxygen atoms in total. The van der Waals surface area contributed by atoms with Crippen molar-refractivity contribution < 1.29 is 83.9 Å². The van der Waals surface area contributed by atoms with Crippen LogP contribution in [0, 0.1) is 70.1 Å². The molecule has 3 amide bonds. The number of hydrogen-bond donors (Lipinski definition) is 3. The van der Waals surface area contributed by atoms with E-state index in [1.54, 1.807) is 14.7 Å². The number of nitrogens with zero attached hydrogens (tertiary/aromatic N) is 6. The van der Waals surface area contributed by atoms with E-state index >= 15 is 0 Å². The molecule has 0 radical (unpaired) electrons. The van der Waals surface area contributed by atoms with Gasteiger partial charge in [0.25, 0.3) is 0 Å². The molecule has 1 saturated carbocycles. The highest BCUT2D eigenvalue weighted by atomic mass is 32.2. The number of morpholine rings is 1. The molecule has 0 spiro atoms. The summed E-state index contributed by atoms with van der Waals surface area (Å²) in [4.78, 5) is 45.7. The van der Waals surface area contributed by atoms with Gasteiger partial charge < -0.3 is 36.6 Å². The Morgan fingerprint density at radius 1 is 0.509 bits per heavy atom. The Morgan fingerprint density at radius 2 is 0.868 bits per heavy atom. The van der Waals surface area contributed by atoms with Crippen LogP contribution in [0.3, 0.4) is 0 Å². The lowest BCUT2D eigenvalue weighted by Crippen LogP contribution is -2.59. The normalized spacial score (nSPS) is 25.8. The minimum absolute atomic E-state index is 0.0194. The molecular formula is C75H92F9N9O10S3. The van der Waals surface area contributed by atoms with Gasteiger partial charge in [0, 0.05) is 112 Å². The number of benzene rings is 5. The van der Waals surface area contributed by atoms with Gasteiger partial charge in [-0.25, -0.2) is 64.8 Å². The minimum Gasteiger partial charge on any atom is -0.379 e. The van der Waals surface area contributed by atoms with Gasteiger partial charge in [0.1, 0.15) is 23.2 Å². The molecule has 578 valence electrons. The number of nitrogens with two attached hydrogens (primary N) is 3. The van der Waals surface area contributed by atoms with Crippen molar-refractivity contribution in [1.29, 1.82) is 0 Å². The van der Waals surface area contributed by atoms with Crippen molar-refractivity contribution in [2.75, 3.05) is 39.1 Å². The molecule has 31 heteroatoms. The Morgan fingerprint density at radius 3 is 1.25 bits per heavy atom. The number of sulfonamides is 3. The molecule has 7 saturated heterocycles. The highest BCUT2D eigenvalue weighted by molar-refractivity contribution is 7.92. The van der Waals surface area contributed by atoms with Crippen molar-refractivity contribution in [2.45, 2.75) is 207 Å². The summed E-state index contributed by atoms with van der Waals surface area (Å²) in [6.45, 7) is 4.80. The van der Waals surface area contributed by atoms with Crippen LogP contribution in [0.25, 0.3) is 0 Å². The van der Waals surface area contributed by atoms with Crippen LogP contribution in [0.4, 0.5) is 39.5 Å². The smallest absolute Gasteiger partial charge is 0.245 e. The third-order valence-electron chi connectivity index (χ3n) is 23.7. The van der Waals surface area contributed by atoms with Gasteiger partial charge in [-0.15, -0.1) is 0 Å². The highest BCUT2D eigenvalue weighted by Crippen LogP contribution is 2.51. The Labute approximate surface area is 613 Å². The number of hydrogen-bond acceptors (Lipinski definition) is 13. The van der Waals surface area contributed by atoms with Crippen LogP contribution in [0.15, 0.2) is 91.0 Å². The molecule has 9 aliphatic rings. The van der Waals surface area contributed by atoms with Gasteiger partial charge in [0.2, 0.25) is 47.8 Å². The molecule has 3 unspecified atom stereocenters. The molecule has 8 aliphatic heterocycles. The molecule has 8 fully saturated rings. The lowest BCUT2D eigenvalue weighted by Gasteiger charge is -2.44. The number of carbonyl (C=O) groups excluding carboxylic acids is 3. The summed E-state index contributed by atoms with van der Waals surface area (Å²) in [5, 5.41) is 0. The van der Waals surface area contributed by atoms with Gasteiger partial charge in [-0.1, -0.05) is 54.6 Å². The topological polar surface area (TPSA) is 260 Å². The Hall–Kier alpha value is -6.55. The molecule has 5 aromatic carbocycles. The third-order valence-corrected chi connectivity index (χ3v) is 30.4. The molecule has 12 atom stereocenters. The van der Waals surface area contributed by atoms with Crippen LogP contribution in [-0.4, -0.2) is 174 Å². The first-order valence-electron chi connectivity index (χ1n) is 36.3. The van der Waals surface area contributed by atoms with Gasteiger partial charge in [-0.05, 0) is 192 Å². The molecule has 6 bridgehead atoms. The van der Waals surface area contributed by atoms with Crippen LogP contribution < -0.4 is 17.2 Å². The summed E-state index contributed by atoms with van der Waals surface area (Å²) >= 11 is 0. The first kappa shape index (κ1) is 79.0. The summed E-state index contributed by atoms with van der Waals surface area (Å²) in [7, 11) is -10.0. The van der Waals surface area contributed by atoms with Crippen molar-refractivity contribution in [3.63, 3.8) is 0 Å². The average molecular weight is 1550 g/mol. The van der Waals surface area contributed by atoms with E-state index in [-0.39, 0.29) is 129 Å². The Kier molecular flexibility index (Phi) is 23.4. The number of halogens is 9. The van der Waals surface area contributed by atoms with E-state index in [0.29, 0.717) is 82.8 Å². The fraction of sp³-hybridized carbons (Fsp3) is 0.560. The fourth-order valence-electron chi connectivity index (χ4n) is 17.7. The zero-order chi connectivity index (χ0) is 76.3. The largest absolute Gasteiger partial charge is 0.379 e. The van der Waals surface area contributed by atoms with E-state index in [1.165, 1.54) is 33.8 Å². The SMILES string of the molecule is CN(Cc1ccccc1)S(=O)(=O)C(C)(C)C(=O)N1[C@@H]2CC[C@H]1CC([C@H](N)Cc1cc(F)c(F)cc1F)C2.N[C@H](Cc1cc(F)c(F)cc1F)C1C[C@H]2CC[C@@H](C1)N2C(=O)C1(S(=O)(=O)N2CCOCC2)CC1.N[C@H](Cc1cc(F)c(F)cc1F)C1C[C@H]2CC[C@@H](C1)N2C(=O)CS(=O)(=O)N1Cc2ccccc2C1. The van der Waals surface area contributed by atoms with E-state index in [0.717, 1.165) is 73.4 Å². The number of ether oxygens (including phenoxy) is 1. The maximum absolute atomic E-state index is 14.2. The first-order valence-corrected chi connectivity index (χ1v) is 40.8. The van der Waals surface area contributed by atoms with Crippen LogP contribution in [-0.2, 0) is 88.1 Å². The first-order chi connectivity index (χ1) is 50.1. The summed E-state index contributed by atoms with van der Waals surface area (Å²) in [6.07, 6.45) is 8.77. The van der Waals surface area contributed by atoms with Crippen molar-refractivity contribution in [1.82, 2.24) is 27.6 Å². The molecule has 5 aromatic rings. The number of piperidine rings is 3. The lowest BCUT2D eigenvalue weighted by molar-refractivity contribution is -0.139. The molecule has 14 rings (SSSR count). The van der Waals surface area contributed by atoms with E-state index in [1.807, 2.05) is 54.6 Å². The van der Waals surface area contributed by atoms with E-state index < -0.39 is 128 Å². The lowest BCUT2D eigenvalue weighted by atomic mass is 9.82. The van der Waals surface area contributed by atoms with E-state index in [2.05, 4.69) is 0 Å². The maximum atomic E-state index is 14.2. The zero-order valence-corrected chi connectivity index (χ0v) is 61.8. The van der Waals surface area contributed by atoms with Crippen LogP contribution >= 0.6 is 0 Å². The fourth-order valence-corrected chi connectivity index (χ4v) is 22.5. The van der Waals surface area contributed by atoms with Crippen molar-refractivity contribution in [3.8, 4) is 0 Å². The molecular weight excluding hydrogens is 1450 g/mol. The van der Waals surface area contributed by atoms with Crippen molar-refractivity contribution in [3.05, 3.63) is 177 Å². The quantitative estimate of drug-likeness (QED) is 0.0486. The Bertz CT molecular complexity index is 4400. The molecule has 8 heterocycles. The number of carbonyl (C=O) groups is 3. The van der Waals surface area contributed by atoms with Gasteiger partial charge in [0.15, 0.2) is 44.4 Å². The van der Waals surface area contributed by atoms with Crippen LogP contribution in [0.5, 0.6) is 0 Å². The molecule has 0 aromatic heterocycles. The van der Waals surface area contributed by atoms with Gasteiger partial charge >= 0.3 is 0 Å². The van der Waals surface area contributed by atoms with Gasteiger partial charge in [-0.3, -0.25) is 14.4 Å². The zero-order valence-electron chi connectivity index (χ0n) is 59.4. The molecule has 6 N–H and O–H groups in total. The van der Waals surface area contributed by atoms with E-state index in [9.17, 15) is 79.2 Å². The summed E-state index contributed by atoms with van der Waals surface area (Å²) in [6, 6.07) is 18.5. The third kappa shape index (κ3) is 16.1. The molecule has 106 heavy (non-hydrogen) atoms. The predicted molar refractivity (Wildman–Crippen MR) is 377 cm³/mol. The van der Waals surface area contributed by atoms with Gasteiger partial charge in [0.05, 0.1) is 13.2 Å². The predicted octanol–water partition coefficient (Wildman–Crippen LogP) is 9.01. The minimum atomic E-state index is -3.98. The van der Waals surface area contributed by atoms with Crippen molar-refractivity contribution >= 4 is 47.8 Å². The maximum Gasteiger partial charge on any atom is 0.245 e. The second kappa shape index (κ2) is 31.4. The second-order valence-electron chi connectivity index (χ2n) is 30.8. The van der Waals surface area contributed by atoms with E-state index in [4.69, 9.17) is 21.9 Å². The number of amides is 3. The van der Waals surface area contributed by atoms with Crippen LogP contribution in [0.2, 0.25) is 0 Å². The van der Waals surface area contributed by atoms with Crippen molar-refractivity contribution in [2.24, 2.45) is 35.0 Å². The second-order valence-corrected chi connectivity index (χ2v) is 37.6. The molecule has 1 aliphatic carbocycles. The van der Waals surface area contributed by atoms with Crippen LogP contribution in [0.1, 0.15) is 137 Å². The standard InChI is InChI=1S/C27H34F3N3O3S.C25H28F3N3O3S.C23H30F3N3O4S/c1-27(2,37(35,36)32(3)16-17-7-5-4-6-8-17)26(34)33-20-9-10-21(33)12-19(11-20)25(31)14-18-13-23(29)24(30)15-22(18)28;26-21-11-23(28)22(27)9-17(21)10-24(29)18-7-19-5-6-20(8-18)31(19)25(32)14-35(33,34)30-12-15-3-1-2-4-16(15)13-30;24-18-13-20(26)19(25)11-14(18)12-21(27)15-9-16-1-2-17(10-15)29(16)22(30)23(3-4-23)34(31,32)28-5-7-33-8-6-28/h4-8,13,15,19-21,25H,9-12,14,16,31H2,1-3H3;1-4,9,11,18-20,24H,5-8,10,12-14,29H2;11,13,15-17,21H,1-10,12,27H2/t19?,20-,21+,25-;18?,19-,20+,24-;15?,16-,17+,21-/m111/s1.